The highest BCUT2D eigenvalue weighted by atomic mass is 16.6. The molecule has 0 unspecified atom stereocenters. The van der Waals surface area contributed by atoms with Crippen LogP contribution in [0.1, 0.15) is 16.1 Å². The van der Waals surface area contributed by atoms with Crippen LogP contribution in [0.25, 0.3) is 5.52 Å². The molecule has 1 aliphatic heterocycles. The molecule has 2 aromatic heterocycles. The zero-order valence-corrected chi connectivity index (χ0v) is 15.0. The molecule has 1 aromatic carbocycles. The van der Waals surface area contributed by atoms with Gasteiger partial charge in [-0.1, -0.05) is 18.2 Å². The maximum atomic E-state index is 12.1. The molecule has 0 aliphatic carbocycles. The highest BCUT2D eigenvalue weighted by Gasteiger charge is 2.57. The summed E-state index contributed by atoms with van der Waals surface area (Å²) >= 11 is 0. The summed E-state index contributed by atoms with van der Waals surface area (Å²) < 4.78 is 12.3. The zero-order chi connectivity index (χ0) is 20.6. The number of carbonyl (C=O) groups is 1. The third kappa shape index (κ3) is 2.98. The summed E-state index contributed by atoms with van der Waals surface area (Å²) in [5.41, 5.74) is 4.80. The van der Waals surface area contributed by atoms with E-state index in [4.69, 9.17) is 15.2 Å². The maximum Gasteiger partial charge on any atom is 0.338 e. The van der Waals surface area contributed by atoms with Crippen LogP contribution >= 0.6 is 0 Å². The van der Waals surface area contributed by atoms with Gasteiger partial charge in [-0.25, -0.2) is 14.3 Å². The van der Waals surface area contributed by atoms with Gasteiger partial charge in [0, 0.05) is 0 Å². The van der Waals surface area contributed by atoms with Gasteiger partial charge in [0.15, 0.2) is 5.82 Å². The molecule has 1 saturated heterocycles. The highest BCUT2D eigenvalue weighted by Crippen LogP contribution is 2.40. The normalized spacial score (nSPS) is 26.3. The smallest absolute Gasteiger partial charge is 0.338 e. The first-order chi connectivity index (χ1) is 14.0. The van der Waals surface area contributed by atoms with Crippen LogP contribution in [0.4, 0.5) is 5.82 Å². The lowest BCUT2D eigenvalue weighted by Gasteiger charge is -2.24. The van der Waals surface area contributed by atoms with Gasteiger partial charge in [-0.2, -0.15) is 10.4 Å². The molecule has 3 aromatic rings. The first kappa shape index (κ1) is 18.8. The minimum Gasteiger partial charge on any atom is -0.459 e. The van der Waals surface area contributed by atoms with Crippen molar-refractivity contribution in [3.05, 3.63) is 60.0 Å². The molecule has 29 heavy (non-hydrogen) atoms. The number of ether oxygens (including phenoxy) is 2. The van der Waals surface area contributed by atoms with Crippen LogP contribution in [-0.4, -0.2) is 55.7 Å². The van der Waals surface area contributed by atoms with E-state index in [-0.39, 0.29) is 18.1 Å². The van der Waals surface area contributed by atoms with Crippen LogP contribution in [-0.2, 0) is 15.1 Å². The quantitative estimate of drug-likeness (QED) is 0.518. The van der Waals surface area contributed by atoms with Crippen molar-refractivity contribution < 1.29 is 24.5 Å². The predicted molar refractivity (Wildman–Crippen MR) is 98.3 cm³/mol. The van der Waals surface area contributed by atoms with Gasteiger partial charge in [-0.15, -0.1) is 0 Å². The Bertz CT molecular complexity index is 1100. The Morgan fingerprint density at radius 3 is 2.79 bits per heavy atom. The summed E-state index contributed by atoms with van der Waals surface area (Å²) in [4.78, 5) is 16.0. The van der Waals surface area contributed by atoms with Gasteiger partial charge in [-0.3, -0.25) is 0 Å². The number of aliphatic hydroxyl groups is 2. The molecule has 4 atom stereocenters. The number of aromatic nitrogens is 3. The summed E-state index contributed by atoms with van der Waals surface area (Å²) in [5, 5.41) is 35.0. The molecule has 4 N–H and O–H groups in total. The fraction of sp³-hybridized carbons (Fsp3) is 0.263. The van der Waals surface area contributed by atoms with Gasteiger partial charge < -0.3 is 25.4 Å². The topological polar surface area (TPSA) is 156 Å². The Hall–Kier alpha value is -3.52. The number of anilines is 1. The number of rotatable bonds is 4. The van der Waals surface area contributed by atoms with Crippen LogP contribution in [0.5, 0.6) is 0 Å². The van der Waals surface area contributed by atoms with E-state index < -0.39 is 29.9 Å². The first-order valence-electron chi connectivity index (χ1n) is 8.74. The second-order valence-corrected chi connectivity index (χ2v) is 6.56. The zero-order valence-electron chi connectivity index (χ0n) is 15.0. The number of hydrogen-bond donors (Lipinski definition) is 3. The van der Waals surface area contributed by atoms with E-state index in [1.165, 1.54) is 16.9 Å². The van der Waals surface area contributed by atoms with E-state index >= 15 is 0 Å². The van der Waals surface area contributed by atoms with E-state index in [1.54, 1.807) is 36.4 Å². The van der Waals surface area contributed by atoms with Gasteiger partial charge in [0.2, 0.25) is 5.60 Å². The summed E-state index contributed by atoms with van der Waals surface area (Å²) in [6.45, 7) is -0.351. The van der Waals surface area contributed by atoms with Crippen molar-refractivity contribution >= 4 is 17.3 Å². The lowest BCUT2D eigenvalue weighted by Crippen LogP contribution is -2.41. The Kier molecular flexibility index (Phi) is 4.63. The molecule has 0 amide bonds. The molecule has 0 spiro atoms. The molecule has 1 fully saturated rings. The van der Waals surface area contributed by atoms with E-state index in [9.17, 15) is 20.3 Å². The second kappa shape index (κ2) is 7.14. The third-order valence-corrected chi connectivity index (χ3v) is 4.87. The van der Waals surface area contributed by atoms with Gasteiger partial charge >= 0.3 is 5.97 Å². The Morgan fingerprint density at radius 2 is 2.07 bits per heavy atom. The number of nitrogens with zero attached hydrogens (tertiary/aromatic N) is 4. The third-order valence-electron chi connectivity index (χ3n) is 4.87. The van der Waals surface area contributed by atoms with Crippen LogP contribution in [0.3, 0.4) is 0 Å². The second-order valence-electron chi connectivity index (χ2n) is 6.56. The van der Waals surface area contributed by atoms with Crippen molar-refractivity contribution in [1.82, 2.24) is 14.6 Å². The molecule has 4 rings (SSSR count). The molecule has 0 radical (unpaired) electrons. The molecule has 1 aliphatic rings. The lowest BCUT2D eigenvalue weighted by molar-refractivity contribution is -0.0682. The van der Waals surface area contributed by atoms with Crippen molar-refractivity contribution in [3.63, 3.8) is 0 Å². The number of benzene rings is 1. The molecule has 148 valence electrons. The number of aliphatic hydroxyl groups excluding tert-OH is 2. The average molecular weight is 395 g/mol. The number of carbonyl (C=O) groups excluding carboxylic acids is 1. The molecular formula is C19H17N5O5. The van der Waals surface area contributed by atoms with Crippen molar-refractivity contribution in [3.8, 4) is 6.07 Å². The Morgan fingerprint density at radius 1 is 1.31 bits per heavy atom. The first-order valence-corrected chi connectivity index (χ1v) is 8.74. The molecule has 10 nitrogen and oxygen atoms in total. The summed E-state index contributed by atoms with van der Waals surface area (Å²) in [6, 6.07) is 13.3. The van der Waals surface area contributed by atoms with Crippen LogP contribution in [0.2, 0.25) is 0 Å². The highest BCUT2D eigenvalue weighted by molar-refractivity contribution is 5.89. The van der Waals surface area contributed by atoms with E-state index in [1.807, 2.05) is 6.07 Å². The van der Waals surface area contributed by atoms with Crippen molar-refractivity contribution in [2.45, 2.75) is 23.9 Å². The molecule has 0 saturated carbocycles. The average Bonchev–Trinajstić information content (AvgIpc) is 3.29. The molecule has 0 bridgehead atoms. The Balaban J connectivity index is 1.60. The van der Waals surface area contributed by atoms with Crippen molar-refractivity contribution in [1.29, 1.82) is 5.26 Å². The fourth-order valence-corrected chi connectivity index (χ4v) is 3.37. The van der Waals surface area contributed by atoms with E-state index in [0.29, 0.717) is 11.1 Å². The van der Waals surface area contributed by atoms with Crippen LogP contribution < -0.4 is 5.73 Å². The number of hydrogen-bond acceptors (Lipinski definition) is 9. The number of nitriles is 1. The number of nitrogens with two attached hydrogens (primary N) is 1. The molecular weight excluding hydrogens is 378 g/mol. The lowest BCUT2D eigenvalue weighted by atomic mass is 9.92. The van der Waals surface area contributed by atoms with Crippen molar-refractivity contribution in [2.75, 3.05) is 12.3 Å². The summed E-state index contributed by atoms with van der Waals surface area (Å²) in [5.74, 6) is -0.431. The maximum absolute atomic E-state index is 12.1. The molecule has 3 heterocycles. The van der Waals surface area contributed by atoms with Crippen LogP contribution in [0, 0.1) is 11.3 Å². The minimum absolute atomic E-state index is 0.174. The SMILES string of the molecule is N#C[C@@]1(c2ccc3c(N)ncnn23)O[C@H](COC(=O)c2ccccc2)[C@@H](O)[C@H]1O. The largest absolute Gasteiger partial charge is 0.459 e. The number of esters is 1. The summed E-state index contributed by atoms with van der Waals surface area (Å²) in [6.07, 6.45) is -3.00. The minimum atomic E-state index is -1.93. The summed E-state index contributed by atoms with van der Waals surface area (Å²) in [7, 11) is 0. The van der Waals surface area contributed by atoms with E-state index in [2.05, 4.69) is 10.1 Å². The molecule has 10 heteroatoms. The van der Waals surface area contributed by atoms with Crippen molar-refractivity contribution in [2.24, 2.45) is 0 Å². The van der Waals surface area contributed by atoms with Gasteiger partial charge in [0.05, 0.1) is 11.3 Å². The monoisotopic (exact) mass is 395 g/mol. The van der Waals surface area contributed by atoms with Gasteiger partial charge in [-0.05, 0) is 24.3 Å². The predicted octanol–water partition coefficient (Wildman–Crippen LogP) is 0.00798. The standard InChI is InChI=1S/C19H17N5O5/c20-9-19(14-7-6-12-17(21)22-10-23-24(12)14)16(26)15(25)13(29-19)8-28-18(27)11-4-2-1-3-5-11/h1-7,10,13,15-16,25-26H,8H2,(H2,21,22,23)/t13-,15-,16-,19+/m1/s1. The fourth-order valence-electron chi connectivity index (χ4n) is 3.37. The van der Waals surface area contributed by atoms with Crippen LogP contribution in [0.15, 0.2) is 48.8 Å². The van der Waals surface area contributed by atoms with E-state index in [0.717, 1.165) is 0 Å². The number of fused-ring (bicyclic) bond motifs is 1. The number of nitrogen functional groups attached to an aromatic ring is 1. The van der Waals surface area contributed by atoms with Gasteiger partial charge in [0.25, 0.3) is 0 Å². The van der Waals surface area contributed by atoms with Gasteiger partial charge in [0.1, 0.15) is 42.8 Å². The Labute approximate surface area is 164 Å².